The molecule has 6 aliphatic rings. The molecular formula is C35H54O9. The van der Waals surface area contributed by atoms with Gasteiger partial charge >= 0.3 is 11.9 Å². The lowest BCUT2D eigenvalue weighted by Crippen LogP contribution is -2.62. The Morgan fingerprint density at radius 2 is 1.86 bits per heavy atom. The molecule has 248 valence electrons. The third-order valence-corrected chi connectivity index (χ3v) is 13.0. The van der Waals surface area contributed by atoms with Gasteiger partial charge in [-0.3, -0.25) is 4.79 Å². The Bertz CT molecular complexity index is 1140. The number of aliphatic hydroxyl groups excluding tert-OH is 1. The lowest BCUT2D eigenvalue weighted by Gasteiger charge is -2.63. The number of carbonyl (C=O) groups excluding carboxylic acids is 2. The van der Waals surface area contributed by atoms with Crippen molar-refractivity contribution in [3.05, 3.63) is 11.6 Å². The maximum absolute atomic E-state index is 13.0. The van der Waals surface area contributed by atoms with Crippen LogP contribution < -0.4 is 0 Å². The second-order valence-corrected chi connectivity index (χ2v) is 15.8. The molecule has 4 aliphatic carbocycles. The van der Waals surface area contributed by atoms with Crippen LogP contribution in [0.4, 0.5) is 0 Å². The molecular weight excluding hydrogens is 564 g/mol. The van der Waals surface area contributed by atoms with Gasteiger partial charge in [-0.15, -0.1) is 0 Å². The maximum atomic E-state index is 13.0. The van der Waals surface area contributed by atoms with E-state index in [-0.39, 0.29) is 66.3 Å². The molecule has 44 heavy (non-hydrogen) atoms. The fourth-order valence-electron chi connectivity index (χ4n) is 10.7. The predicted molar refractivity (Wildman–Crippen MR) is 161 cm³/mol. The fraction of sp³-hybridized carbons (Fsp3) is 0.886. The van der Waals surface area contributed by atoms with E-state index in [9.17, 15) is 19.8 Å². The highest BCUT2D eigenvalue weighted by atomic mass is 16.7. The van der Waals surface area contributed by atoms with E-state index in [0.717, 1.165) is 50.5 Å². The minimum atomic E-state index is -1.00. The lowest BCUT2D eigenvalue weighted by molar-refractivity contribution is -0.273. The van der Waals surface area contributed by atoms with Crippen molar-refractivity contribution < 1.29 is 43.5 Å². The SMILES string of the molecule is CO[C@@H]1C[C@H](O[C@H]2CC[C@@]3(C)[C@H](CC[C@@H]4[C@@H]3CC[C@]3(C)[C@@H](C5=CC(=O)OC5)[C@@H](OC(=O)CC(C)C)C[C@@]43O)C2)O[C@H](C)[C@H]1O. The van der Waals surface area contributed by atoms with E-state index in [4.69, 9.17) is 23.7 Å². The second-order valence-electron chi connectivity index (χ2n) is 15.8. The molecule has 5 fully saturated rings. The van der Waals surface area contributed by atoms with Gasteiger partial charge in [0.2, 0.25) is 0 Å². The summed E-state index contributed by atoms with van der Waals surface area (Å²) in [5.41, 5.74) is -0.578. The number of ether oxygens (including phenoxy) is 5. The third kappa shape index (κ3) is 5.36. The van der Waals surface area contributed by atoms with Crippen LogP contribution in [-0.4, -0.2) is 78.3 Å². The van der Waals surface area contributed by atoms with Crippen molar-refractivity contribution in [2.75, 3.05) is 13.7 Å². The summed E-state index contributed by atoms with van der Waals surface area (Å²) in [5, 5.41) is 23.2. The van der Waals surface area contributed by atoms with Crippen LogP contribution in [-0.2, 0) is 33.3 Å². The van der Waals surface area contributed by atoms with E-state index < -0.39 is 23.2 Å². The van der Waals surface area contributed by atoms with Crippen molar-refractivity contribution in [3.8, 4) is 0 Å². The highest BCUT2D eigenvalue weighted by Gasteiger charge is 2.71. The van der Waals surface area contributed by atoms with Crippen molar-refractivity contribution in [1.29, 1.82) is 0 Å². The van der Waals surface area contributed by atoms with Gasteiger partial charge in [-0.1, -0.05) is 27.7 Å². The molecule has 2 aliphatic heterocycles. The van der Waals surface area contributed by atoms with Gasteiger partial charge in [0, 0.05) is 43.8 Å². The van der Waals surface area contributed by atoms with Crippen molar-refractivity contribution in [3.63, 3.8) is 0 Å². The largest absolute Gasteiger partial charge is 0.462 e. The topological polar surface area (TPSA) is 121 Å². The number of hydrogen-bond acceptors (Lipinski definition) is 9. The van der Waals surface area contributed by atoms with E-state index in [1.165, 1.54) is 0 Å². The summed E-state index contributed by atoms with van der Waals surface area (Å²) in [6, 6.07) is 0. The Balaban J connectivity index is 1.20. The molecule has 0 aromatic carbocycles. The number of cyclic esters (lactones) is 1. The molecule has 13 atom stereocenters. The van der Waals surface area contributed by atoms with Gasteiger partial charge in [0.05, 0.1) is 23.9 Å². The first-order valence-electron chi connectivity index (χ1n) is 17.1. The Morgan fingerprint density at radius 3 is 2.55 bits per heavy atom. The average Bonchev–Trinajstić information content (AvgIpc) is 3.47. The number of hydrogen-bond donors (Lipinski definition) is 2. The minimum absolute atomic E-state index is 0.0828. The molecule has 9 nitrogen and oxygen atoms in total. The van der Waals surface area contributed by atoms with Crippen molar-refractivity contribution in [1.82, 2.24) is 0 Å². The van der Waals surface area contributed by atoms with Gasteiger partial charge in [0.1, 0.15) is 18.8 Å². The summed E-state index contributed by atoms with van der Waals surface area (Å²) >= 11 is 0. The lowest BCUT2D eigenvalue weighted by atomic mass is 9.43. The van der Waals surface area contributed by atoms with Crippen LogP contribution in [0.2, 0.25) is 0 Å². The Kier molecular flexibility index (Phi) is 8.79. The van der Waals surface area contributed by atoms with Crippen molar-refractivity contribution in [2.45, 2.75) is 141 Å². The van der Waals surface area contributed by atoms with Crippen molar-refractivity contribution >= 4 is 11.9 Å². The number of carbonyl (C=O) groups is 2. The van der Waals surface area contributed by atoms with E-state index in [0.29, 0.717) is 31.1 Å². The van der Waals surface area contributed by atoms with Gasteiger partial charge in [0.15, 0.2) is 6.29 Å². The standard InChI is InChI=1S/C35H54O9/c1-19(2)13-29(37)44-27-17-35(39)25-8-7-22-15-23(43-30-16-26(40-6)32(38)20(3)42-30)9-11-33(22,4)24(25)10-12-34(35,5)31(27)21-14-28(36)41-18-21/h14,19-20,22-27,30-32,38-39H,7-13,15-18H2,1-6H3/t20-,22-,23+,24+,25-,26-,27+,30+,31+,32-,33+,34-,35-/m1/s1. The quantitative estimate of drug-likeness (QED) is 0.309. The number of esters is 2. The molecule has 6 rings (SSSR count). The van der Waals surface area contributed by atoms with Crippen LogP contribution >= 0.6 is 0 Å². The number of rotatable bonds is 7. The molecule has 2 heterocycles. The Morgan fingerprint density at radius 1 is 1.09 bits per heavy atom. The van der Waals surface area contributed by atoms with Crippen LogP contribution in [0.5, 0.6) is 0 Å². The predicted octanol–water partition coefficient (Wildman–Crippen LogP) is 4.71. The summed E-state index contributed by atoms with van der Waals surface area (Å²) < 4.78 is 29.6. The van der Waals surface area contributed by atoms with Gasteiger partial charge < -0.3 is 33.9 Å². The number of fused-ring (bicyclic) bond motifs is 5. The summed E-state index contributed by atoms with van der Waals surface area (Å²) in [6.45, 7) is 10.7. The van der Waals surface area contributed by atoms with E-state index in [1.807, 2.05) is 20.8 Å². The molecule has 0 aromatic heterocycles. The van der Waals surface area contributed by atoms with E-state index >= 15 is 0 Å². The Labute approximate surface area is 262 Å². The zero-order chi connectivity index (χ0) is 31.6. The van der Waals surface area contributed by atoms with Crippen LogP contribution in [0, 0.1) is 40.4 Å². The zero-order valence-corrected chi connectivity index (χ0v) is 27.5. The fourth-order valence-corrected chi connectivity index (χ4v) is 10.7. The minimum Gasteiger partial charge on any atom is -0.462 e. The first kappa shape index (κ1) is 32.4. The second kappa shape index (κ2) is 11.9. The monoisotopic (exact) mass is 618 g/mol. The molecule has 0 amide bonds. The summed E-state index contributed by atoms with van der Waals surface area (Å²) in [7, 11) is 1.62. The summed E-state index contributed by atoms with van der Waals surface area (Å²) in [5.74, 6) is 0.299. The van der Waals surface area contributed by atoms with Gasteiger partial charge in [-0.2, -0.15) is 0 Å². The molecule has 1 saturated heterocycles. The smallest absolute Gasteiger partial charge is 0.331 e. The molecule has 0 bridgehead atoms. The maximum Gasteiger partial charge on any atom is 0.331 e. The van der Waals surface area contributed by atoms with Gasteiger partial charge in [0.25, 0.3) is 0 Å². The molecule has 4 saturated carbocycles. The first-order chi connectivity index (χ1) is 20.8. The first-order valence-corrected chi connectivity index (χ1v) is 17.1. The van der Waals surface area contributed by atoms with E-state index in [2.05, 4.69) is 13.8 Å². The van der Waals surface area contributed by atoms with Crippen molar-refractivity contribution in [2.24, 2.45) is 40.4 Å². The van der Waals surface area contributed by atoms with Crippen LogP contribution in [0.25, 0.3) is 0 Å². The molecule has 0 spiro atoms. The van der Waals surface area contributed by atoms with Gasteiger partial charge in [-0.25, -0.2) is 4.79 Å². The van der Waals surface area contributed by atoms with Crippen LogP contribution in [0.3, 0.4) is 0 Å². The van der Waals surface area contributed by atoms with Crippen LogP contribution in [0.15, 0.2) is 11.6 Å². The van der Waals surface area contributed by atoms with Crippen LogP contribution in [0.1, 0.15) is 98.8 Å². The molecule has 2 N–H and O–H groups in total. The summed E-state index contributed by atoms with van der Waals surface area (Å²) in [4.78, 5) is 25.1. The molecule has 0 aromatic rings. The Hall–Kier alpha value is -1.52. The van der Waals surface area contributed by atoms with E-state index in [1.54, 1.807) is 13.2 Å². The average molecular weight is 619 g/mol. The highest BCUT2D eigenvalue weighted by Crippen LogP contribution is 2.70. The summed E-state index contributed by atoms with van der Waals surface area (Å²) in [6.07, 6.45) is 7.47. The third-order valence-electron chi connectivity index (χ3n) is 13.0. The number of methoxy groups -OCH3 is 1. The zero-order valence-electron chi connectivity index (χ0n) is 27.5. The normalized spacial score (nSPS) is 48.7. The molecule has 0 radical (unpaired) electrons. The number of aliphatic hydroxyl groups is 2. The van der Waals surface area contributed by atoms with Gasteiger partial charge in [-0.05, 0) is 86.5 Å². The highest BCUT2D eigenvalue weighted by molar-refractivity contribution is 5.85. The molecule has 9 heteroatoms. The molecule has 0 unspecified atom stereocenters.